The summed E-state index contributed by atoms with van der Waals surface area (Å²) in [4.78, 5) is 3.71. The van der Waals surface area contributed by atoms with Crippen LogP contribution in [0.15, 0.2) is 22.9 Å². The predicted octanol–water partition coefficient (Wildman–Crippen LogP) is 0.426. The van der Waals surface area contributed by atoms with Crippen molar-refractivity contribution in [2.75, 3.05) is 0 Å². The van der Waals surface area contributed by atoms with Crippen molar-refractivity contribution in [1.82, 2.24) is 4.98 Å². The third kappa shape index (κ3) is 2.76. The molecule has 0 radical (unpaired) electrons. The summed E-state index contributed by atoms with van der Waals surface area (Å²) in [6.07, 6.45) is 2.80. The Morgan fingerprint density at radius 2 is 2.25 bits per heavy atom. The highest BCUT2D eigenvalue weighted by atomic mass is 79.9. The molecule has 1 heterocycles. The van der Waals surface area contributed by atoms with Gasteiger partial charge in [0.1, 0.15) is 0 Å². The zero-order valence-corrected chi connectivity index (χ0v) is 8.17. The lowest BCUT2D eigenvalue weighted by Crippen LogP contribution is -2.19. The largest absolute Gasteiger partial charge is 0.380 e. The molecule has 0 spiro atoms. The molecule has 0 saturated heterocycles. The van der Waals surface area contributed by atoms with Crippen molar-refractivity contribution in [3.8, 4) is 5.75 Å². The molecule has 0 aliphatic rings. The predicted molar refractivity (Wildman–Crippen MR) is 45.7 cm³/mol. The van der Waals surface area contributed by atoms with Crippen LogP contribution in [0, 0.1) is 0 Å². The van der Waals surface area contributed by atoms with Crippen LogP contribution in [0.2, 0.25) is 0 Å². The van der Waals surface area contributed by atoms with Gasteiger partial charge in [-0.05, 0) is 15.9 Å². The number of halogens is 1. The summed E-state index contributed by atoms with van der Waals surface area (Å²) in [5.41, 5.74) is 0. The summed E-state index contributed by atoms with van der Waals surface area (Å²) < 4.78 is 25.8. The molecule has 1 aromatic heterocycles. The van der Waals surface area contributed by atoms with Gasteiger partial charge in [0, 0.05) is 18.5 Å². The Kier molecular flexibility index (Phi) is 2.65. The van der Waals surface area contributed by atoms with E-state index in [2.05, 4.69) is 30.2 Å². The van der Waals surface area contributed by atoms with Gasteiger partial charge in [-0.2, -0.15) is 13.6 Å². The van der Waals surface area contributed by atoms with Gasteiger partial charge >= 0.3 is 10.3 Å². The Morgan fingerprint density at radius 3 is 2.75 bits per heavy atom. The molecule has 0 aliphatic heterocycles. The molecule has 0 atom stereocenters. The molecule has 0 amide bonds. The zero-order chi connectivity index (χ0) is 9.19. The number of pyridine rings is 1. The fourth-order valence-corrected chi connectivity index (χ4v) is 1.39. The van der Waals surface area contributed by atoms with E-state index in [1.165, 1.54) is 18.5 Å². The van der Waals surface area contributed by atoms with Crippen LogP contribution < -0.4 is 9.32 Å². The van der Waals surface area contributed by atoms with Crippen molar-refractivity contribution in [1.29, 1.82) is 0 Å². The van der Waals surface area contributed by atoms with Crippen LogP contribution >= 0.6 is 15.9 Å². The second kappa shape index (κ2) is 3.38. The summed E-state index contributed by atoms with van der Waals surface area (Å²) >= 11 is 3.04. The maximum absolute atomic E-state index is 10.5. The highest BCUT2D eigenvalue weighted by Gasteiger charge is 2.07. The zero-order valence-electron chi connectivity index (χ0n) is 5.77. The summed E-state index contributed by atoms with van der Waals surface area (Å²) in [6.45, 7) is 0. The molecule has 5 nitrogen and oxygen atoms in total. The molecule has 1 rings (SSSR count). The lowest BCUT2D eigenvalue weighted by Gasteiger charge is -2.02. The average Bonchev–Trinajstić information content (AvgIpc) is 1.91. The maximum atomic E-state index is 10.5. The first-order valence-corrected chi connectivity index (χ1v) is 5.07. The monoisotopic (exact) mass is 252 g/mol. The molecule has 0 aliphatic carbocycles. The Balaban J connectivity index is 2.98. The molecule has 2 N–H and O–H groups in total. The number of nitrogens with two attached hydrogens (primary N) is 1. The van der Waals surface area contributed by atoms with Gasteiger partial charge in [-0.3, -0.25) is 4.98 Å². The first kappa shape index (κ1) is 9.43. The molecule has 0 bridgehead atoms. The van der Waals surface area contributed by atoms with Crippen LogP contribution in [-0.2, 0) is 10.3 Å². The van der Waals surface area contributed by atoms with E-state index in [4.69, 9.17) is 0 Å². The van der Waals surface area contributed by atoms with E-state index in [1.807, 2.05) is 0 Å². The smallest absolute Gasteiger partial charge is 0.370 e. The van der Waals surface area contributed by atoms with Crippen LogP contribution in [0.5, 0.6) is 5.75 Å². The summed E-state index contributed by atoms with van der Waals surface area (Å²) in [5.74, 6) is 0.118. The second-order valence-electron chi connectivity index (χ2n) is 1.88. The average molecular weight is 253 g/mol. The van der Waals surface area contributed by atoms with Gasteiger partial charge in [0.25, 0.3) is 0 Å². The highest BCUT2D eigenvalue weighted by Crippen LogP contribution is 2.23. The fourth-order valence-electron chi connectivity index (χ4n) is 0.555. The van der Waals surface area contributed by atoms with Crippen molar-refractivity contribution >= 4 is 26.2 Å². The molecule has 7 heteroatoms. The van der Waals surface area contributed by atoms with Gasteiger partial charge in [-0.25, -0.2) is 0 Å². The SMILES string of the molecule is NS(=O)(=O)Oc1ccncc1Br. The van der Waals surface area contributed by atoms with Crippen molar-refractivity contribution in [3.05, 3.63) is 22.9 Å². The molecular weight excluding hydrogens is 248 g/mol. The first-order valence-electron chi connectivity index (χ1n) is 2.81. The van der Waals surface area contributed by atoms with Crippen LogP contribution in [-0.4, -0.2) is 13.4 Å². The Hall–Kier alpha value is -0.660. The third-order valence-electron chi connectivity index (χ3n) is 0.941. The Labute approximate surface area is 77.9 Å². The van der Waals surface area contributed by atoms with Crippen molar-refractivity contribution in [2.24, 2.45) is 5.14 Å². The first-order chi connectivity index (χ1) is 5.49. The van der Waals surface area contributed by atoms with E-state index >= 15 is 0 Å². The fraction of sp³-hybridized carbons (Fsp3) is 0. The number of hydrogen-bond donors (Lipinski definition) is 1. The molecule has 1 aromatic rings. The molecule has 0 saturated carbocycles. The minimum atomic E-state index is -3.96. The van der Waals surface area contributed by atoms with E-state index in [9.17, 15) is 8.42 Å². The summed E-state index contributed by atoms with van der Waals surface area (Å²) in [6, 6.07) is 1.38. The van der Waals surface area contributed by atoms with Gasteiger partial charge in [-0.1, -0.05) is 0 Å². The van der Waals surface area contributed by atoms with Crippen LogP contribution in [0.3, 0.4) is 0 Å². The van der Waals surface area contributed by atoms with Gasteiger partial charge in [0.15, 0.2) is 5.75 Å². The molecule has 0 unspecified atom stereocenters. The lowest BCUT2D eigenvalue weighted by molar-refractivity contribution is 0.486. The Bertz CT molecular complexity index is 378. The van der Waals surface area contributed by atoms with E-state index in [-0.39, 0.29) is 5.75 Å². The van der Waals surface area contributed by atoms with Gasteiger partial charge in [-0.15, -0.1) is 0 Å². The summed E-state index contributed by atoms with van der Waals surface area (Å²) in [5, 5.41) is 4.65. The van der Waals surface area contributed by atoms with Gasteiger partial charge < -0.3 is 4.18 Å². The van der Waals surface area contributed by atoms with Crippen LogP contribution in [0.4, 0.5) is 0 Å². The Morgan fingerprint density at radius 1 is 1.58 bits per heavy atom. The van der Waals surface area contributed by atoms with E-state index < -0.39 is 10.3 Å². The lowest BCUT2D eigenvalue weighted by atomic mass is 10.5. The van der Waals surface area contributed by atoms with Crippen LogP contribution in [0.25, 0.3) is 0 Å². The van der Waals surface area contributed by atoms with Crippen LogP contribution in [0.1, 0.15) is 0 Å². The van der Waals surface area contributed by atoms with Gasteiger partial charge in [0.05, 0.1) is 4.47 Å². The second-order valence-corrected chi connectivity index (χ2v) is 3.89. The molecule has 0 aromatic carbocycles. The maximum Gasteiger partial charge on any atom is 0.380 e. The summed E-state index contributed by atoms with van der Waals surface area (Å²) in [7, 11) is -3.96. The third-order valence-corrected chi connectivity index (χ3v) is 1.95. The van der Waals surface area contributed by atoms with E-state index in [0.717, 1.165) is 0 Å². The van der Waals surface area contributed by atoms with E-state index in [0.29, 0.717) is 4.47 Å². The number of rotatable bonds is 2. The minimum absolute atomic E-state index is 0.118. The number of hydrogen-bond acceptors (Lipinski definition) is 4. The molecular formula is C5H5BrN2O3S. The van der Waals surface area contributed by atoms with Crippen molar-refractivity contribution in [3.63, 3.8) is 0 Å². The molecule has 12 heavy (non-hydrogen) atoms. The minimum Gasteiger partial charge on any atom is -0.370 e. The standard InChI is InChI=1S/C5H5BrN2O3S/c6-4-3-8-2-1-5(4)11-12(7,9)10/h1-3H,(H2,7,9,10). The quantitative estimate of drug-likeness (QED) is 0.828. The normalized spacial score (nSPS) is 11.2. The van der Waals surface area contributed by atoms with Gasteiger partial charge in [0.2, 0.25) is 0 Å². The molecule has 66 valence electrons. The number of nitrogens with zero attached hydrogens (tertiary/aromatic N) is 1. The van der Waals surface area contributed by atoms with Crippen molar-refractivity contribution < 1.29 is 12.6 Å². The number of aromatic nitrogens is 1. The topological polar surface area (TPSA) is 82.3 Å². The van der Waals surface area contributed by atoms with E-state index in [1.54, 1.807) is 0 Å². The highest BCUT2D eigenvalue weighted by molar-refractivity contribution is 9.10. The molecule has 0 fully saturated rings. The van der Waals surface area contributed by atoms with Crippen molar-refractivity contribution in [2.45, 2.75) is 0 Å².